The maximum absolute atomic E-state index is 8.42. The van der Waals surface area contributed by atoms with Crippen molar-refractivity contribution in [1.29, 1.82) is 0 Å². The Morgan fingerprint density at radius 2 is 1.07 bits per heavy atom. The van der Waals surface area contributed by atoms with Crippen LogP contribution < -0.4 is 0 Å². The van der Waals surface area contributed by atoms with Crippen molar-refractivity contribution in [2.24, 2.45) is 0 Å². The number of aryl methyl sites for hydroxylation is 1. The standard InChI is InChI=1S/C22H26.C8H18O.C7H16.2C2H6/c1-4-9-16(5-2)17-12-13-19-14-18-10-7-8-11-21(18)20(6-3)22(19)15-17;1-2-3-4-5-6-7-8-9;1-3-5-7-6-4-2;2*1-2/h7-8,10-16H,4-6,9H2,1-3H3;9H,2-8H2,1H3;3-7H2,1-2H3;2*1-2H3. The van der Waals surface area contributed by atoms with Crippen LogP contribution in [0, 0.1) is 0 Å². The van der Waals surface area contributed by atoms with Crippen LogP contribution in [0.1, 0.15) is 176 Å². The first-order chi connectivity index (χ1) is 20.6. The zero-order valence-electron chi connectivity index (χ0n) is 30.0. The highest BCUT2D eigenvalue weighted by molar-refractivity contribution is 6.02. The van der Waals surface area contributed by atoms with Gasteiger partial charge in [0.1, 0.15) is 0 Å². The fourth-order valence-corrected chi connectivity index (χ4v) is 5.33. The first kappa shape index (κ1) is 42.3. The first-order valence-electron chi connectivity index (χ1n) is 18.2. The molecule has 0 spiro atoms. The molecule has 0 fully saturated rings. The lowest BCUT2D eigenvalue weighted by Gasteiger charge is -2.17. The van der Waals surface area contributed by atoms with E-state index in [1.807, 2.05) is 27.7 Å². The molecule has 0 saturated carbocycles. The number of hydrogen-bond donors (Lipinski definition) is 1. The molecule has 42 heavy (non-hydrogen) atoms. The molecule has 0 heterocycles. The van der Waals surface area contributed by atoms with Crippen molar-refractivity contribution in [3.63, 3.8) is 0 Å². The number of fused-ring (bicyclic) bond motifs is 2. The first-order valence-corrected chi connectivity index (χ1v) is 18.2. The van der Waals surface area contributed by atoms with Gasteiger partial charge in [-0.25, -0.2) is 0 Å². The Hall–Kier alpha value is -1.86. The highest BCUT2D eigenvalue weighted by Crippen LogP contribution is 2.33. The Morgan fingerprint density at radius 3 is 1.60 bits per heavy atom. The predicted octanol–water partition coefficient (Wildman–Crippen LogP) is 14.2. The van der Waals surface area contributed by atoms with Gasteiger partial charge in [-0.15, -0.1) is 0 Å². The van der Waals surface area contributed by atoms with E-state index in [1.54, 1.807) is 0 Å². The summed E-state index contributed by atoms with van der Waals surface area (Å²) in [5, 5.41) is 14.0. The molecule has 3 rings (SSSR count). The van der Waals surface area contributed by atoms with Gasteiger partial charge in [0.25, 0.3) is 0 Å². The summed E-state index contributed by atoms with van der Waals surface area (Å²) >= 11 is 0. The SMILES string of the molecule is CC.CC.CCCC(CC)c1ccc2cc3ccccc3c(CC)c2c1.CCCCCCC.CCCCCCCCO. The summed E-state index contributed by atoms with van der Waals surface area (Å²) in [4.78, 5) is 0. The number of aliphatic hydroxyl groups excluding tert-OH is 1. The van der Waals surface area contributed by atoms with E-state index in [9.17, 15) is 0 Å². The Morgan fingerprint density at radius 1 is 0.548 bits per heavy atom. The van der Waals surface area contributed by atoms with Crippen LogP contribution in [-0.2, 0) is 6.42 Å². The molecule has 3 aromatic rings. The van der Waals surface area contributed by atoms with E-state index in [4.69, 9.17) is 5.11 Å². The van der Waals surface area contributed by atoms with Gasteiger partial charge in [-0.1, -0.05) is 182 Å². The molecule has 1 heteroatoms. The molecule has 0 aliphatic heterocycles. The zero-order valence-corrected chi connectivity index (χ0v) is 30.0. The second-order valence-electron chi connectivity index (χ2n) is 10.9. The molecule has 3 aromatic carbocycles. The van der Waals surface area contributed by atoms with Crippen LogP contribution in [0.25, 0.3) is 21.5 Å². The van der Waals surface area contributed by atoms with Gasteiger partial charge in [0, 0.05) is 6.61 Å². The molecule has 0 aromatic heterocycles. The third-order valence-electron chi connectivity index (χ3n) is 7.67. The van der Waals surface area contributed by atoms with Gasteiger partial charge in [0.2, 0.25) is 0 Å². The number of aliphatic hydroxyl groups is 1. The largest absolute Gasteiger partial charge is 0.396 e. The summed E-state index contributed by atoms with van der Waals surface area (Å²) in [7, 11) is 0. The lowest BCUT2D eigenvalue weighted by Crippen LogP contribution is -1.98. The van der Waals surface area contributed by atoms with Crippen LogP contribution in [0.4, 0.5) is 0 Å². The number of hydrogen-bond acceptors (Lipinski definition) is 1. The summed E-state index contributed by atoms with van der Waals surface area (Å²) in [5.74, 6) is 0.700. The van der Waals surface area contributed by atoms with E-state index in [1.165, 1.54) is 116 Å². The van der Waals surface area contributed by atoms with Gasteiger partial charge in [-0.2, -0.15) is 0 Å². The van der Waals surface area contributed by atoms with E-state index >= 15 is 0 Å². The summed E-state index contributed by atoms with van der Waals surface area (Å²) in [6.45, 7) is 21.9. The van der Waals surface area contributed by atoms with Crippen LogP contribution in [-0.4, -0.2) is 11.7 Å². The molecule has 1 unspecified atom stereocenters. The average molecular weight is 581 g/mol. The second kappa shape index (κ2) is 30.6. The topological polar surface area (TPSA) is 20.2 Å². The molecular formula is C41H72O. The quantitative estimate of drug-likeness (QED) is 0.140. The molecule has 1 nitrogen and oxygen atoms in total. The van der Waals surface area contributed by atoms with Crippen molar-refractivity contribution in [2.45, 2.75) is 171 Å². The van der Waals surface area contributed by atoms with Crippen molar-refractivity contribution >= 4 is 21.5 Å². The van der Waals surface area contributed by atoms with E-state index < -0.39 is 0 Å². The van der Waals surface area contributed by atoms with Gasteiger partial charge >= 0.3 is 0 Å². The Balaban J connectivity index is 0. The Kier molecular flexibility index (Phi) is 30.8. The van der Waals surface area contributed by atoms with Crippen LogP contribution in [0.15, 0.2) is 48.5 Å². The van der Waals surface area contributed by atoms with E-state index in [0.29, 0.717) is 12.5 Å². The zero-order chi connectivity index (χ0) is 32.0. The summed E-state index contributed by atoms with van der Waals surface area (Å²) < 4.78 is 0. The molecule has 1 atom stereocenters. The molecule has 242 valence electrons. The van der Waals surface area contributed by atoms with Gasteiger partial charge < -0.3 is 5.11 Å². The van der Waals surface area contributed by atoms with Crippen LogP contribution in [0.5, 0.6) is 0 Å². The Labute approximate surface area is 263 Å². The minimum atomic E-state index is 0.367. The third-order valence-corrected chi connectivity index (χ3v) is 7.67. The smallest absolute Gasteiger partial charge is 0.0431 e. The van der Waals surface area contributed by atoms with Crippen molar-refractivity contribution in [3.8, 4) is 0 Å². The van der Waals surface area contributed by atoms with Gasteiger partial charge in [0.05, 0.1) is 0 Å². The normalized spacial score (nSPS) is 10.7. The molecular weight excluding hydrogens is 508 g/mol. The average Bonchev–Trinajstić information content (AvgIpc) is 3.05. The maximum atomic E-state index is 8.42. The maximum Gasteiger partial charge on any atom is 0.0431 e. The fourth-order valence-electron chi connectivity index (χ4n) is 5.33. The molecule has 0 aliphatic carbocycles. The lowest BCUT2D eigenvalue weighted by atomic mass is 9.88. The van der Waals surface area contributed by atoms with Crippen molar-refractivity contribution in [3.05, 3.63) is 59.7 Å². The highest BCUT2D eigenvalue weighted by Gasteiger charge is 2.11. The highest BCUT2D eigenvalue weighted by atomic mass is 16.2. The number of benzene rings is 3. The number of rotatable bonds is 15. The summed E-state index contributed by atoms with van der Waals surface area (Å²) in [5.41, 5.74) is 3.02. The molecule has 0 saturated heterocycles. The van der Waals surface area contributed by atoms with E-state index in [-0.39, 0.29) is 0 Å². The van der Waals surface area contributed by atoms with Crippen molar-refractivity contribution < 1.29 is 5.11 Å². The van der Waals surface area contributed by atoms with Crippen molar-refractivity contribution in [1.82, 2.24) is 0 Å². The molecule has 1 N–H and O–H groups in total. The van der Waals surface area contributed by atoms with Crippen LogP contribution in [0.3, 0.4) is 0 Å². The monoisotopic (exact) mass is 581 g/mol. The molecule has 0 aliphatic rings. The molecule has 0 amide bonds. The third kappa shape index (κ3) is 17.3. The van der Waals surface area contributed by atoms with Crippen LogP contribution in [0.2, 0.25) is 0 Å². The van der Waals surface area contributed by atoms with Crippen LogP contribution >= 0.6 is 0 Å². The lowest BCUT2D eigenvalue weighted by molar-refractivity contribution is 0.282. The fraction of sp³-hybridized carbons (Fsp3) is 0.659. The number of unbranched alkanes of at least 4 members (excludes halogenated alkanes) is 9. The minimum absolute atomic E-state index is 0.367. The minimum Gasteiger partial charge on any atom is -0.396 e. The van der Waals surface area contributed by atoms with Crippen molar-refractivity contribution in [2.75, 3.05) is 6.61 Å². The van der Waals surface area contributed by atoms with E-state index in [2.05, 4.69) is 90.1 Å². The van der Waals surface area contributed by atoms with Gasteiger partial charge in [0.15, 0.2) is 0 Å². The molecule has 0 bridgehead atoms. The van der Waals surface area contributed by atoms with Gasteiger partial charge in [-0.3, -0.25) is 0 Å². The predicted molar refractivity (Wildman–Crippen MR) is 196 cm³/mol. The van der Waals surface area contributed by atoms with Gasteiger partial charge in [-0.05, 0) is 70.3 Å². The Bertz CT molecular complexity index is 963. The van der Waals surface area contributed by atoms with E-state index in [0.717, 1.165) is 12.8 Å². The summed E-state index contributed by atoms with van der Waals surface area (Å²) in [6, 6.07) is 18.3. The second-order valence-corrected chi connectivity index (χ2v) is 10.9. The summed E-state index contributed by atoms with van der Waals surface area (Å²) in [6.07, 6.45) is 19.4. The molecule has 0 radical (unpaired) electrons.